The lowest BCUT2D eigenvalue weighted by Crippen LogP contribution is -2.48. The van der Waals surface area contributed by atoms with Crippen LogP contribution in [0.1, 0.15) is 29.8 Å². The Balaban J connectivity index is 0.000000559. The van der Waals surface area contributed by atoms with Crippen LogP contribution < -0.4 is 30.7 Å². The number of nitrogens with zero attached hydrogens (tertiary/aromatic N) is 3. The zero-order chi connectivity index (χ0) is 29.7. The number of carboxylic acids is 1. The minimum atomic E-state index is -5.08. The number of halogens is 3. The molecule has 40 heavy (non-hydrogen) atoms. The fourth-order valence-corrected chi connectivity index (χ4v) is 4.48. The molecule has 0 spiro atoms. The van der Waals surface area contributed by atoms with Crippen molar-refractivity contribution in [3.63, 3.8) is 0 Å². The fourth-order valence-electron chi connectivity index (χ4n) is 3.64. The monoisotopic (exact) mass is 587 g/mol. The van der Waals surface area contributed by atoms with Crippen LogP contribution in [0.15, 0.2) is 40.9 Å². The lowest BCUT2D eigenvalue weighted by Gasteiger charge is -2.29. The molecule has 2 aromatic rings. The van der Waals surface area contributed by atoms with E-state index < -0.39 is 27.9 Å². The van der Waals surface area contributed by atoms with Crippen molar-refractivity contribution in [3.8, 4) is 5.75 Å². The minimum absolute atomic E-state index is 0.116. The number of amidine groups is 1. The average Bonchev–Trinajstić information content (AvgIpc) is 2.87. The summed E-state index contributed by atoms with van der Waals surface area (Å²) in [6.45, 7) is 7.20. The van der Waals surface area contributed by atoms with Gasteiger partial charge in [0.15, 0.2) is 5.84 Å². The van der Waals surface area contributed by atoms with Crippen LogP contribution in [0.25, 0.3) is 0 Å². The van der Waals surface area contributed by atoms with Crippen LogP contribution in [0.4, 0.5) is 24.7 Å². The van der Waals surface area contributed by atoms with Crippen molar-refractivity contribution >= 4 is 39.4 Å². The Labute approximate surface area is 227 Å². The molecule has 1 saturated heterocycles. The second-order valence-corrected chi connectivity index (χ2v) is 10.6. The maximum atomic E-state index is 12.9. The van der Waals surface area contributed by atoms with Crippen molar-refractivity contribution in [1.82, 2.24) is 15.6 Å². The van der Waals surface area contributed by atoms with Crippen LogP contribution in [0.3, 0.4) is 0 Å². The largest absolute Gasteiger partial charge is 0.490 e. The van der Waals surface area contributed by atoms with E-state index in [9.17, 15) is 26.4 Å². The van der Waals surface area contributed by atoms with Gasteiger partial charge < -0.3 is 31.1 Å². The minimum Gasteiger partial charge on any atom is -0.490 e. The molecule has 13 nitrogen and oxygen atoms in total. The van der Waals surface area contributed by atoms with Crippen LogP contribution in [-0.2, 0) is 15.0 Å². The van der Waals surface area contributed by atoms with E-state index in [0.717, 1.165) is 32.0 Å². The molecule has 2 aliphatic heterocycles. The van der Waals surface area contributed by atoms with Crippen LogP contribution in [0.5, 0.6) is 5.75 Å². The van der Waals surface area contributed by atoms with Gasteiger partial charge >= 0.3 is 22.4 Å². The van der Waals surface area contributed by atoms with Gasteiger partial charge in [0.05, 0.1) is 16.8 Å². The first-order chi connectivity index (χ1) is 18.6. The summed E-state index contributed by atoms with van der Waals surface area (Å²) < 4.78 is 67.0. The SMILES string of the molecule is CC(C)(COc1cccc2c1C(N)=NS(=O)(=O)N2)NC(=O)c1ccnc(N2CCNCC2)c1.O=C(O)C(F)(F)F. The van der Waals surface area contributed by atoms with E-state index in [1.807, 2.05) is 13.8 Å². The van der Waals surface area contributed by atoms with E-state index in [4.69, 9.17) is 20.4 Å². The number of hydrogen-bond acceptors (Lipinski definition) is 9. The number of hydrogen-bond donors (Lipinski definition) is 5. The molecule has 0 radical (unpaired) electrons. The number of nitrogens with one attached hydrogen (secondary N) is 3. The number of amides is 1. The molecule has 3 heterocycles. The molecule has 2 aliphatic rings. The average molecular weight is 588 g/mol. The number of fused-ring (bicyclic) bond motifs is 1. The molecule has 1 amide bonds. The van der Waals surface area contributed by atoms with E-state index >= 15 is 0 Å². The topological polar surface area (TPSA) is 188 Å². The molecular formula is C23H28F3N7O6S. The number of aromatic nitrogens is 1. The van der Waals surface area contributed by atoms with E-state index in [-0.39, 0.29) is 18.3 Å². The maximum Gasteiger partial charge on any atom is 0.490 e. The number of anilines is 2. The second-order valence-electron chi connectivity index (χ2n) is 9.30. The van der Waals surface area contributed by atoms with Crippen LogP contribution in [-0.4, -0.2) is 80.7 Å². The van der Waals surface area contributed by atoms with Gasteiger partial charge in [-0.25, -0.2) is 9.78 Å². The quantitative estimate of drug-likeness (QED) is 0.327. The van der Waals surface area contributed by atoms with E-state index in [0.29, 0.717) is 22.6 Å². The van der Waals surface area contributed by atoms with Gasteiger partial charge in [-0.15, -0.1) is 4.40 Å². The smallest absolute Gasteiger partial charge is 0.490 e. The van der Waals surface area contributed by atoms with Crippen LogP contribution in [0.2, 0.25) is 0 Å². The summed E-state index contributed by atoms with van der Waals surface area (Å²) in [6, 6.07) is 8.35. The van der Waals surface area contributed by atoms with Crippen molar-refractivity contribution in [3.05, 3.63) is 47.7 Å². The van der Waals surface area contributed by atoms with Crippen LogP contribution in [0, 0.1) is 0 Å². The number of nitrogens with two attached hydrogens (primary N) is 1. The van der Waals surface area contributed by atoms with Gasteiger partial charge in [-0.3, -0.25) is 9.52 Å². The Hall–Kier alpha value is -4.12. The van der Waals surface area contributed by atoms with Crippen molar-refractivity contribution in [2.24, 2.45) is 10.1 Å². The second kappa shape index (κ2) is 12.0. The molecule has 1 aromatic heterocycles. The van der Waals surface area contributed by atoms with Crippen molar-refractivity contribution in [2.45, 2.75) is 25.6 Å². The molecule has 0 aliphatic carbocycles. The third kappa shape index (κ3) is 8.19. The molecule has 17 heteroatoms. The van der Waals surface area contributed by atoms with Gasteiger partial charge in [-0.1, -0.05) is 6.07 Å². The maximum absolute atomic E-state index is 12.9. The summed E-state index contributed by atoms with van der Waals surface area (Å²) in [7, 11) is -3.88. The van der Waals surface area contributed by atoms with Crippen molar-refractivity contribution in [2.75, 3.05) is 42.4 Å². The molecule has 4 rings (SSSR count). The first kappa shape index (κ1) is 30.4. The number of ether oxygens (including phenoxy) is 1. The number of pyridine rings is 1. The summed E-state index contributed by atoms with van der Waals surface area (Å²) in [6.07, 6.45) is -3.45. The summed E-state index contributed by atoms with van der Waals surface area (Å²) in [5, 5.41) is 13.4. The van der Waals surface area contributed by atoms with Crippen molar-refractivity contribution in [1.29, 1.82) is 0 Å². The number of benzene rings is 1. The summed E-state index contributed by atoms with van der Waals surface area (Å²) in [5.41, 5.74) is 6.29. The lowest BCUT2D eigenvalue weighted by atomic mass is 10.1. The van der Waals surface area contributed by atoms with E-state index in [1.165, 1.54) is 0 Å². The van der Waals surface area contributed by atoms with Gasteiger partial charge in [-0.05, 0) is 38.1 Å². The summed E-state index contributed by atoms with van der Waals surface area (Å²) >= 11 is 0. The zero-order valence-corrected chi connectivity index (χ0v) is 22.3. The Morgan fingerprint density at radius 1 is 1.20 bits per heavy atom. The standard InChI is InChI=1S/C21H27N7O4S.C2HF3O2/c1-21(2,13-32-16-5-3-4-15-18(16)19(22)27-33(30,31)26-15)25-20(29)14-6-7-24-17(12-14)28-10-8-23-9-11-28;3-2(4,5)1(6)7/h3-7,12,23,26H,8-11,13H2,1-2H3,(H2,22,27)(H,25,29);(H,6,7). The first-order valence-corrected chi connectivity index (χ1v) is 13.2. The van der Waals surface area contributed by atoms with E-state index in [2.05, 4.69) is 29.6 Å². The lowest BCUT2D eigenvalue weighted by molar-refractivity contribution is -0.192. The molecule has 0 bridgehead atoms. The van der Waals surface area contributed by atoms with Gasteiger partial charge in [0.25, 0.3) is 5.91 Å². The predicted molar refractivity (Wildman–Crippen MR) is 140 cm³/mol. The zero-order valence-electron chi connectivity index (χ0n) is 21.4. The van der Waals surface area contributed by atoms with Crippen LogP contribution >= 0.6 is 0 Å². The fraction of sp³-hybridized carbons (Fsp3) is 0.391. The number of rotatable bonds is 6. The molecule has 0 saturated carbocycles. The number of carboxylic acid groups (broad SMARTS) is 1. The third-order valence-corrected chi connectivity index (χ3v) is 6.39. The third-order valence-electron chi connectivity index (χ3n) is 5.47. The van der Waals surface area contributed by atoms with Gasteiger partial charge in [-0.2, -0.15) is 21.6 Å². The molecule has 1 fully saturated rings. The Bertz CT molecular complexity index is 1390. The normalized spacial score (nSPS) is 16.3. The highest BCUT2D eigenvalue weighted by Gasteiger charge is 2.38. The number of piperazine rings is 1. The van der Waals surface area contributed by atoms with Gasteiger partial charge in [0.2, 0.25) is 0 Å². The van der Waals surface area contributed by atoms with Crippen molar-refractivity contribution < 1.29 is 41.0 Å². The number of carbonyl (C=O) groups excluding carboxylic acids is 1. The Kier molecular flexibility index (Phi) is 9.09. The first-order valence-electron chi connectivity index (χ1n) is 11.8. The molecular weight excluding hydrogens is 559 g/mol. The predicted octanol–water partition coefficient (Wildman–Crippen LogP) is 1.09. The molecule has 0 unspecified atom stereocenters. The van der Waals surface area contributed by atoms with Gasteiger partial charge in [0.1, 0.15) is 18.2 Å². The number of alkyl halides is 3. The summed E-state index contributed by atoms with van der Waals surface area (Å²) in [5.74, 6) is -2.02. The van der Waals surface area contributed by atoms with E-state index in [1.54, 1.807) is 36.5 Å². The highest BCUT2D eigenvalue weighted by molar-refractivity contribution is 7.91. The molecule has 1 aromatic carbocycles. The Morgan fingerprint density at radius 2 is 1.85 bits per heavy atom. The number of carbonyl (C=O) groups is 2. The highest BCUT2D eigenvalue weighted by Crippen LogP contribution is 2.31. The summed E-state index contributed by atoms with van der Waals surface area (Å²) in [4.78, 5) is 28.4. The Morgan fingerprint density at radius 3 is 2.48 bits per heavy atom. The highest BCUT2D eigenvalue weighted by atomic mass is 32.2. The molecule has 0 atom stereocenters. The van der Waals surface area contributed by atoms with Gasteiger partial charge in [0, 0.05) is 37.9 Å². The molecule has 218 valence electrons. The number of aliphatic carboxylic acids is 1. The molecule has 6 N–H and O–H groups in total.